The van der Waals surface area contributed by atoms with E-state index in [0.29, 0.717) is 15.7 Å². The molecule has 1 aromatic heterocycles. The summed E-state index contributed by atoms with van der Waals surface area (Å²) in [5, 5.41) is 12.8. The number of carboxylic acids is 1. The van der Waals surface area contributed by atoms with Crippen LogP contribution in [-0.2, 0) is 7.05 Å². The van der Waals surface area contributed by atoms with Gasteiger partial charge in [-0.1, -0.05) is 11.6 Å². The van der Waals surface area contributed by atoms with Gasteiger partial charge in [-0.3, -0.25) is 4.68 Å². The second kappa shape index (κ2) is 4.70. The Balaban J connectivity index is 2.64. The Hall–Kier alpha value is -1.40. The molecule has 0 aliphatic rings. The zero-order valence-corrected chi connectivity index (χ0v) is 11.5. The first-order chi connectivity index (χ1) is 8.41. The lowest BCUT2D eigenvalue weighted by atomic mass is 10.1. The average Bonchev–Trinajstić information content (AvgIpc) is 2.59. The van der Waals surface area contributed by atoms with Crippen LogP contribution in [0, 0.1) is 5.82 Å². The molecule has 0 unspecified atom stereocenters. The molecule has 2 aromatic rings. The fourth-order valence-corrected chi connectivity index (χ4v) is 2.51. The van der Waals surface area contributed by atoms with Crippen molar-refractivity contribution in [2.45, 2.75) is 0 Å². The Morgan fingerprint density at radius 1 is 1.56 bits per heavy atom. The van der Waals surface area contributed by atoms with E-state index in [4.69, 9.17) is 16.7 Å². The Morgan fingerprint density at radius 2 is 2.22 bits per heavy atom. The zero-order chi connectivity index (χ0) is 13.4. The molecule has 94 valence electrons. The molecule has 0 amide bonds. The Morgan fingerprint density at radius 3 is 2.72 bits per heavy atom. The number of carboxylic acid groups (broad SMARTS) is 1. The van der Waals surface area contributed by atoms with Gasteiger partial charge in [-0.15, -0.1) is 0 Å². The molecule has 1 aromatic carbocycles. The first kappa shape index (κ1) is 13.0. The van der Waals surface area contributed by atoms with Crippen molar-refractivity contribution in [2.24, 2.45) is 7.05 Å². The first-order valence-electron chi connectivity index (χ1n) is 4.83. The van der Waals surface area contributed by atoms with Crippen molar-refractivity contribution in [1.29, 1.82) is 0 Å². The number of benzene rings is 1. The molecule has 0 fully saturated rings. The predicted octanol–water partition coefficient (Wildman–Crippen LogP) is 3.34. The molecule has 1 heterocycles. The highest BCUT2D eigenvalue weighted by Crippen LogP contribution is 2.32. The van der Waals surface area contributed by atoms with Gasteiger partial charge in [0, 0.05) is 12.6 Å². The smallest absolute Gasteiger partial charge is 0.357 e. The largest absolute Gasteiger partial charge is 0.476 e. The molecule has 0 aliphatic carbocycles. The second-order valence-electron chi connectivity index (χ2n) is 3.57. The van der Waals surface area contributed by atoms with Crippen molar-refractivity contribution in [3.8, 4) is 11.3 Å². The summed E-state index contributed by atoms with van der Waals surface area (Å²) in [7, 11) is 1.60. The maximum absolute atomic E-state index is 13.1. The third-order valence-electron chi connectivity index (χ3n) is 2.39. The maximum atomic E-state index is 13.1. The molecule has 0 saturated carbocycles. The molecule has 4 nitrogen and oxygen atoms in total. The van der Waals surface area contributed by atoms with Gasteiger partial charge in [0.25, 0.3) is 0 Å². The van der Waals surface area contributed by atoms with Crippen molar-refractivity contribution in [3.63, 3.8) is 0 Å². The van der Waals surface area contributed by atoms with Gasteiger partial charge >= 0.3 is 5.97 Å². The SMILES string of the molecule is Cn1nc(C(=O)O)c(Br)c1-c1ccc(F)c(Cl)c1. The van der Waals surface area contributed by atoms with E-state index in [9.17, 15) is 9.18 Å². The van der Waals surface area contributed by atoms with Crippen LogP contribution in [0.25, 0.3) is 11.3 Å². The molecule has 0 atom stereocenters. The van der Waals surface area contributed by atoms with Crippen LogP contribution in [0.4, 0.5) is 4.39 Å². The highest BCUT2D eigenvalue weighted by molar-refractivity contribution is 9.10. The van der Waals surface area contributed by atoms with Gasteiger partial charge in [0.05, 0.1) is 15.2 Å². The Kier molecular flexibility index (Phi) is 3.41. The maximum Gasteiger partial charge on any atom is 0.357 e. The lowest BCUT2D eigenvalue weighted by Gasteiger charge is -2.04. The summed E-state index contributed by atoms with van der Waals surface area (Å²) >= 11 is 8.88. The number of hydrogen-bond acceptors (Lipinski definition) is 2. The number of aryl methyl sites for hydroxylation is 1. The van der Waals surface area contributed by atoms with E-state index in [1.807, 2.05) is 0 Å². The zero-order valence-electron chi connectivity index (χ0n) is 9.12. The average molecular weight is 334 g/mol. The summed E-state index contributed by atoms with van der Waals surface area (Å²) in [6.07, 6.45) is 0. The van der Waals surface area contributed by atoms with Crippen molar-refractivity contribution in [1.82, 2.24) is 9.78 Å². The van der Waals surface area contributed by atoms with Gasteiger partial charge in [-0.25, -0.2) is 9.18 Å². The highest BCUT2D eigenvalue weighted by Gasteiger charge is 2.20. The molecule has 0 aliphatic heterocycles. The fourth-order valence-electron chi connectivity index (χ4n) is 1.59. The minimum Gasteiger partial charge on any atom is -0.476 e. The number of aromatic carboxylic acids is 1. The van der Waals surface area contributed by atoms with E-state index in [2.05, 4.69) is 21.0 Å². The lowest BCUT2D eigenvalue weighted by molar-refractivity contribution is 0.0688. The highest BCUT2D eigenvalue weighted by atomic mass is 79.9. The van der Waals surface area contributed by atoms with Gasteiger partial charge in [0.15, 0.2) is 5.69 Å². The van der Waals surface area contributed by atoms with Crippen molar-refractivity contribution >= 4 is 33.5 Å². The van der Waals surface area contributed by atoms with Crippen molar-refractivity contribution < 1.29 is 14.3 Å². The minimum absolute atomic E-state index is 0.0301. The molecule has 18 heavy (non-hydrogen) atoms. The molecule has 0 radical (unpaired) electrons. The summed E-state index contributed by atoms with van der Waals surface area (Å²) in [6.45, 7) is 0. The van der Waals surface area contributed by atoms with Crippen LogP contribution in [0.1, 0.15) is 10.5 Å². The Labute approximate surface area is 115 Å². The summed E-state index contributed by atoms with van der Waals surface area (Å²) < 4.78 is 14.8. The molecule has 0 saturated heterocycles. The fraction of sp³-hybridized carbons (Fsp3) is 0.0909. The summed E-state index contributed by atoms with van der Waals surface area (Å²) in [4.78, 5) is 10.9. The van der Waals surface area contributed by atoms with Gasteiger partial charge in [-0.05, 0) is 34.1 Å². The number of rotatable bonds is 2. The van der Waals surface area contributed by atoms with Crippen LogP contribution in [0.5, 0.6) is 0 Å². The van der Waals surface area contributed by atoms with E-state index < -0.39 is 11.8 Å². The normalized spacial score (nSPS) is 10.7. The van der Waals surface area contributed by atoms with Crippen molar-refractivity contribution in [3.05, 3.63) is 39.2 Å². The van der Waals surface area contributed by atoms with Crippen molar-refractivity contribution in [2.75, 3.05) is 0 Å². The summed E-state index contributed by atoms with van der Waals surface area (Å²) in [5.41, 5.74) is 0.998. The minimum atomic E-state index is -1.14. The number of hydrogen-bond donors (Lipinski definition) is 1. The molecule has 2 rings (SSSR count). The predicted molar refractivity (Wildman–Crippen MR) is 68.3 cm³/mol. The van der Waals surface area contributed by atoms with E-state index in [-0.39, 0.29) is 10.7 Å². The van der Waals surface area contributed by atoms with E-state index in [0.717, 1.165) is 0 Å². The Bertz CT molecular complexity index is 642. The molecule has 0 spiro atoms. The number of halogens is 3. The lowest BCUT2D eigenvalue weighted by Crippen LogP contribution is -1.99. The standard InChI is InChI=1S/C11H7BrClFN2O2/c1-16-10(8(12)9(15-16)11(17)18)5-2-3-7(14)6(13)4-5/h2-4H,1H3,(H,17,18). The van der Waals surface area contributed by atoms with Crippen LogP contribution < -0.4 is 0 Å². The third kappa shape index (κ3) is 2.13. The van der Waals surface area contributed by atoms with E-state index in [1.54, 1.807) is 7.05 Å². The molecular formula is C11H7BrClFN2O2. The van der Waals surface area contributed by atoms with E-state index in [1.165, 1.54) is 22.9 Å². The molecule has 0 bridgehead atoms. The summed E-state index contributed by atoms with van der Waals surface area (Å²) in [6, 6.07) is 4.15. The molecule has 7 heteroatoms. The van der Waals surface area contributed by atoms with Gasteiger partial charge in [0.2, 0.25) is 0 Å². The van der Waals surface area contributed by atoms with Crippen LogP contribution >= 0.6 is 27.5 Å². The second-order valence-corrected chi connectivity index (χ2v) is 4.77. The third-order valence-corrected chi connectivity index (χ3v) is 3.43. The van der Waals surface area contributed by atoms with Crippen LogP contribution in [0.3, 0.4) is 0 Å². The van der Waals surface area contributed by atoms with Crippen LogP contribution in [-0.4, -0.2) is 20.9 Å². The van der Waals surface area contributed by atoms with Crippen LogP contribution in [0.2, 0.25) is 5.02 Å². The first-order valence-corrected chi connectivity index (χ1v) is 6.00. The summed E-state index contributed by atoms with van der Waals surface area (Å²) in [5.74, 6) is -1.67. The van der Waals surface area contributed by atoms with Crippen LogP contribution in [0.15, 0.2) is 22.7 Å². The van der Waals surface area contributed by atoms with Gasteiger partial charge in [0.1, 0.15) is 5.82 Å². The topological polar surface area (TPSA) is 55.1 Å². The van der Waals surface area contributed by atoms with Gasteiger partial charge < -0.3 is 5.11 Å². The number of carbonyl (C=O) groups is 1. The van der Waals surface area contributed by atoms with E-state index >= 15 is 0 Å². The number of aromatic nitrogens is 2. The monoisotopic (exact) mass is 332 g/mol. The van der Waals surface area contributed by atoms with Gasteiger partial charge in [-0.2, -0.15) is 5.10 Å². The molecule has 1 N–H and O–H groups in total. The quantitative estimate of drug-likeness (QED) is 0.917. The number of nitrogens with zero attached hydrogens (tertiary/aromatic N) is 2. The molecular weight excluding hydrogens is 326 g/mol.